The molecule has 1 heteroatoms. The predicted molar refractivity (Wildman–Crippen MR) is 55.7 cm³/mol. The van der Waals surface area contributed by atoms with Crippen molar-refractivity contribution < 1.29 is 0 Å². The van der Waals surface area contributed by atoms with Crippen LogP contribution in [0, 0.1) is 5.92 Å². The lowest BCUT2D eigenvalue weighted by molar-refractivity contribution is 0.500. The molecule has 1 aliphatic carbocycles. The van der Waals surface area contributed by atoms with Crippen LogP contribution in [0.1, 0.15) is 18.4 Å². The lowest BCUT2D eigenvalue weighted by Gasteiger charge is -2.14. The first-order chi connectivity index (χ1) is 6.40. The van der Waals surface area contributed by atoms with E-state index in [9.17, 15) is 0 Å². The maximum atomic E-state index is 3.41. The van der Waals surface area contributed by atoms with Gasteiger partial charge in [-0.1, -0.05) is 30.3 Å². The second kappa shape index (κ2) is 3.93. The summed E-state index contributed by atoms with van der Waals surface area (Å²) in [5.74, 6) is 0.935. The minimum atomic E-state index is 0.697. The summed E-state index contributed by atoms with van der Waals surface area (Å²) in [6.45, 7) is 0. The lowest BCUT2D eigenvalue weighted by atomic mass is 10.0. The molecule has 0 saturated heterocycles. The highest BCUT2D eigenvalue weighted by molar-refractivity contribution is 5.16. The summed E-state index contributed by atoms with van der Waals surface area (Å²) < 4.78 is 0. The molecule has 13 heavy (non-hydrogen) atoms. The Morgan fingerprint density at radius 3 is 2.54 bits per heavy atom. The van der Waals surface area contributed by atoms with Crippen LogP contribution in [0.4, 0.5) is 0 Å². The first-order valence-corrected chi connectivity index (χ1v) is 5.11. The Hall–Kier alpha value is -0.820. The van der Waals surface area contributed by atoms with E-state index in [1.807, 2.05) is 0 Å². The van der Waals surface area contributed by atoms with Crippen molar-refractivity contribution in [1.29, 1.82) is 0 Å². The summed E-state index contributed by atoms with van der Waals surface area (Å²) in [7, 11) is 2.08. The fraction of sp³-hybridized carbons (Fsp3) is 0.500. The van der Waals surface area contributed by atoms with Crippen molar-refractivity contribution in [2.24, 2.45) is 5.92 Å². The molecule has 1 aliphatic rings. The zero-order valence-corrected chi connectivity index (χ0v) is 8.16. The molecule has 1 nitrogen and oxygen atoms in total. The number of rotatable bonds is 4. The van der Waals surface area contributed by atoms with Gasteiger partial charge < -0.3 is 5.32 Å². The van der Waals surface area contributed by atoms with Crippen LogP contribution in [-0.2, 0) is 6.42 Å². The van der Waals surface area contributed by atoms with Crippen molar-refractivity contribution in [2.45, 2.75) is 25.3 Å². The Morgan fingerprint density at radius 1 is 1.31 bits per heavy atom. The second-order valence-corrected chi connectivity index (χ2v) is 3.92. The molecule has 0 radical (unpaired) electrons. The summed E-state index contributed by atoms with van der Waals surface area (Å²) in [5.41, 5.74) is 1.45. The first-order valence-electron chi connectivity index (χ1n) is 5.11. The van der Waals surface area contributed by atoms with Crippen molar-refractivity contribution >= 4 is 0 Å². The number of nitrogens with one attached hydrogen (secondary N) is 1. The number of hydrogen-bond acceptors (Lipinski definition) is 1. The largest absolute Gasteiger partial charge is 0.316 e. The van der Waals surface area contributed by atoms with Crippen LogP contribution in [0.5, 0.6) is 0 Å². The quantitative estimate of drug-likeness (QED) is 0.740. The van der Waals surface area contributed by atoms with E-state index < -0.39 is 0 Å². The van der Waals surface area contributed by atoms with Gasteiger partial charge in [0.2, 0.25) is 0 Å². The van der Waals surface area contributed by atoms with Crippen molar-refractivity contribution in [3.8, 4) is 0 Å². The van der Waals surface area contributed by atoms with Gasteiger partial charge in [-0.2, -0.15) is 0 Å². The van der Waals surface area contributed by atoms with Crippen LogP contribution in [0.2, 0.25) is 0 Å². The summed E-state index contributed by atoms with van der Waals surface area (Å²) in [4.78, 5) is 0. The van der Waals surface area contributed by atoms with E-state index in [4.69, 9.17) is 0 Å². The van der Waals surface area contributed by atoms with Crippen LogP contribution in [0.3, 0.4) is 0 Å². The average Bonchev–Trinajstić information content (AvgIpc) is 2.99. The smallest absolute Gasteiger partial charge is 0.0133 e. The Bertz CT molecular complexity index is 251. The summed E-state index contributed by atoms with van der Waals surface area (Å²) in [6, 6.07) is 11.4. The van der Waals surface area contributed by atoms with Gasteiger partial charge in [-0.05, 0) is 37.8 Å². The van der Waals surface area contributed by atoms with Gasteiger partial charge in [0.05, 0.1) is 0 Å². The molecular formula is C12H17N. The van der Waals surface area contributed by atoms with E-state index in [0.29, 0.717) is 6.04 Å². The zero-order chi connectivity index (χ0) is 9.10. The van der Waals surface area contributed by atoms with Gasteiger partial charge in [0, 0.05) is 6.04 Å². The van der Waals surface area contributed by atoms with Gasteiger partial charge in [0.15, 0.2) is 0 Å². The fourth-order valence-electron chi connectivity index (χ4n) is 1.87. The Kier molecular flexibility index (Phi) is 2.65. The SMILES string of the molecule is CNC(Cc1ccccc1)C1CC1. The predicted octanol–water partition coefficient (Wildman–Crippen LogP) is 2.23. The monoisotopic (exact) mass is 175 g/mol. The fourth-order valence-corrected chi connectivity index (χ4v) is 1.87. The maximum absolute atomic E-state index is 3.41. The average molecular weight is 175 g/mol. The summed E-state index contributed by atoms with van der Waals surface area (Å²) >= 11 is 0. The van der Waals surface area contributed by atoms with E-state index in [-0.39, 0.29) is 0 Å². The third kappa shape index (κ3) is 2.31. The van der Waals surface area contributed by atoms with E-state index >= 15 is 0 Å². The third-order valence-corrected chi connectivity index (χ3v) is 2.86. The van der Waals surface area contributed by atoms with Crippen molar-refractivity contribution in [2.75, 3.05) is 7.05 Å². The zero-order valence-electron chi connectivity index (χ0n) is 8.16. The van der Waals surface area contributed by atoms with E-state index in [1.165, 1.54) is 24.8 Å². The first kappa shape index (κ1) is 8.76. The Labute approximate surface area is 80.2 Å². The number of likely N-dealkylation sites (N-methyl/N-ethyl adjacent to an activating group) is 1. The molecule has 0 heterocycles. The molecule has 1 atom stereocenters. The molecule has 70 valence electrons. The topological polar surface area (TPSA) is 12.0 Å². The lowest BCUT2D eigenvalue weighted by Crippen LogP contribution is -2.29. The molecule has 2 rings (SSSR count). The highest BCUT2D eigenvalue weighted by atomic mass is 14.9. The molecule has 0 spiro atoms. The van der Waals surface area contributed by atoms with Crippen molar-refractivity contribution in [3.63, 3.8) is 0 Å². The van der Waals surface area contributed by atoms with Crippen molar-refractivity contribution in [3.05, 3.63) is 35.9 Å². The maximum Gasteiger partial charge on any atom is 0.0133 e. The normalized spacial score (nSPS) is 18.5. The molecule has 1 unspecified atom stereocenters. The van der Waals surface area contributed by atoms with Gasteiger partial charge in [0.25, 0.3) is 0 Å². The molecule has 1 fully saturated rings. The molecular weight excluding hydrogens is 158 g/mol. The van der Waals surface area contributed by atoms with Crippen LogP contribution in [-0.4, -0.2) is 13.1 Å². The van der Waals surface area contributed by atoms with E-state index in [1.54, 1.807) is 0 Å². The Morgan fingerprint density at radius 2 is 2.00 bits per heavy atom. The molecule has 0 amide bonds. The van der Waals surface area contributed by atoms with Crippen LogP contribution in [0.15, 0.2) is 30.3 Å². The molecule has 1 aromatic rings. The number of hydrogen-bond donors (Lipinski definition) is 1. The Balaban J connectivity index is 1.95. The van der Waals surface area contributed by atoms with Gasteiger partial charge in [-0.25, -0.2) is 0 Å². The van der Waals surface area contributed by atoms with Gasteiger partial charge in [0.1, 0.15) is 0 Å². The third-order valence-electron chi connectivity index (χ3n) is 2.86. The van der Waals surface area contributed by atoms with Gasteiger partial charge in [-0.3, -0.25) is 0 Å². The highest BCUT2D eigenvalue weighted by Gasteiger charge is 2.29. The van der Waals surface area contributed by atoms with Gasteiger partial charge >= 0.3 is 0 Å². The number of benzene rings is 1. The minimum absolute atomic E-state index is 0.697. The molecule has 0 aromatic heterocycles. The van der Waals surface area contributed by atoms with Crippen LogP contribution >= 0.6 is 0 Å². The summed E-state index contributed by atoms with van der Waals surface area (Å²) in [5, 5.41) is 3.41. The summed E-state index contributed by atoms with van der Waals surface area (Å²) in [6.07, 6.45) is 4.01. The molecule has 1 N–H and O–H groups in total. The van der Waals surface area contributed by atoms with Crippen LogP contribution < -0.4 is 5.32 Å². The highest BCUT2D eigenvalue weighted by Crippen LogP contribution is 2.33. The molecule has 1 saturated carbocycles. The van der Waals surface area contributed by atoms with Crippen molar-refractivity contribution in [1.82, 2.24) is 5.32 Å². The molecule has 0 aliphatic heterocycles. The van der Waals surface area contributed by atoms with Gasteiger partial charge in [-0.15, -0.1) is 0 Å². The second-order valence-electron chi connectivity index (χ2n) is 3.92. The van der Waals surface area contributed by atoms with E-state index in [2.05, 4.69) is 42.7 Å². The molecule has 1 aromatic carbocycles. The minimum Gasteiger partial charge on any atom is -0.316 e. The standard InChI is InChI=1S/C12H17N/c1-13-12(11-7-8-11)9-10-5-3-2-4-6-10/h2-6,11-13H,7-9H2,1H3. The molecule has 0 bridgehead atoms. The van der Waals surface area contributed by atoms with Crippen LogP contribution in [0.25, 0.3) is 0 Å². The van der Waals surface area contributed by atoms with E-state index in [0.717, 1.165) is 5.92 Å².